The van der Waals surface area contributed by atoms with Crippen molar-refractivity contribution in [3.05, 3.63) is 27.5 Å². The van der Waals surface area contributed by atoms with E-state index in [2.05, 4.69) is 25.7 Å². The molecule has 1 aromatic heterocycles. The molecule has 0 aliphatic carbocycles. The molecule has 1 aromatic rings. The lowest BCUT2D eigenvalue weighted by atomic mass is 10.1. The van der Waals surface area contributed by atoms with Crippen LogP contribution in [0.25, 0.3) is 0 Å². The number of methoxy groups -OCH3 is 1. The fraction of sp³-hybridized carbons (Fsp3) is 0.300. The Morgan fingerprint density at radius 3 is 2.82 bits per heavy atom. The third-order valence-electron chi connectivity index (χ3n) is 1.96. The molecule has 0 aromatic carbocycles. The van der Waals surface area contributed by atoms with Gasteiger partial charge in [0, 0.05) is 0 Å². The Morgan fingerprint density at radius 1 is 1.71 bits per heavy atom. The van der Waals surface area contributed by atoms with Gasteiger partial charge in [0.25, 0.3) is 6.43 Å². The fourth-order valence-corrected chi connectivity index (χ4v) is 1.80. The Morgan fingerprint density at radius 2 is 2.35 bits per heavy atom. The SMILES string of the molecule is COC(=O)Cc1cc(C#N)c(C(F)F)c(Br)n1. The third-order valence-corrected chi connectivity index (χ3v) is 2.56. The van der Waals surface area contributed by atoms with Crippen LogP contribution in [0.1, 0.15) is 23.2 Å². The molecule has 0 saturated heterocycles. The van der Waals surface area contributed by atoms with Gasteiger partial charge in [0.1, 0.15) is 4.60 Å². The summed E-state index contributed by atoms with van der Waals surface area (Å²) in [6.45, 7) is 0. The maximum atomic E-state index is 12.6. The van der Waals surface area contributed by atoms with Crippen LogP contribution in [0.4, 0.5) is 8.78 Å². The van der Waals surface area contributed by atoms with Crippen molar-refractivity contribution in [1.29, 1.82) is 5.26 Å². The first-order valence-electron chi connectivity index (χ1n) is 4.44. The zero-order valence-corrected chi connectivity index (χ0v) is 10.3. The highest BCUT2D eigenvalue weighted by Gasteiger charge is 2.20. The van der Waals surface area contributed by atoms with Gasteiger partial charge in [-0.05, 0) is 22.0 Å². The predicted octanol–water partition coefficient (Wildman–Crippen LogP) is 2.37. The summed E-state index contributed by atoms with van der Waals surface area (Å²) < 4.78 is 29.5. The number of nitrogens with zero attached hydrogens (tertiary/aromatic N) is 2. The maximum absolute atomic E-state index is 12.6. The number of hydrogen-bond donors (Lipinski definition) is 0. The van der Waals surface area contributed by atoms with Crippen molar-refractivity contribution in [2.24, 2.45) is 0 Å². The van der Waals surface area contributed by atoms with Crippen LogP contribution >= 0.6 is 15.9 Å². The first-order chi connectivity index (χ1) is 7.99. The average molecular weight is 305 g/mol. The number of nitriles is 1. The highest BCUT2D eigenvalue weighted by atomic mass is 79.9. The summed E-state index contributed by atoms with van der Waals surface area (Å²) in [4.78, 5) is 14.8. The van der Waals surface area contributed by atoms with E-state index in [1.807, 2.05) is 0 Å². The number of pyridine rings is 1. The Labute approximate surface area is 104 Å². The van der Waals surface area contributed by atoms with Gasteiger partial charge in [-0.3, -0.25) is 4.79 Å². The molecule has 90 valence electrons. The molecule has 1 heterocycles. The summed E-state index contributed by atoms with van der Waals surface area (Å²) in [5.41, 5.74) is -0.480. The summed E-state index contributed by atoms with van der Waals surface area (Å²) in [5, 5.41) is 8.76. The third kappa shape index (κ3) is 3.20. The van der Waals surface area contributed by atoms with Gasteiger partial charge in [-0.1, -0.05) is 0 Å². The molecule has 17 heavy (non-hydrogen) atoms. The van der Waals surface area contributed by atoms with Crippen LogP contribution in [-0.2, 0) is 16.0 Å². The lowest BCUT2D eigenvalue weighted by Crippen LogP contribution is -2.08. The first-order valence-corrected chi connectivity index (χ1v) is 5.23. The number of hydrogen-bond acceptors (Lipinski definition) is 4. The summed E-state index contributed by atoms with van der Waals surface area (Å²) in [7, 11) is 1.20. The number of aromatic nitrogens is 1. The molecule has 7 heteroatoms. The van der Waals surface area contributed by atoms with E-state index in [-0.39, 0.29) is 22.3 Å². The smallest absolute Gasteiger partial charge is 0.311 e. The second-order valence-electron chi connectivity index (χ2n) is 3.03. The quantitative estimate of drug-likeness (QED) is 0.635. The second-order valence-corrected chi connectivity index (χ2v) is 3.78. The lowest BCUT2D eigenvalue weighted by molar-refractivity contribution is -0.139. The first kappa shape index (κ1) is 13.5. The molecule has 1 rings (SSSR count). The summed E-state index contributed by atoms with van der Waals surface area (Å²) in [6.07, 6.45) is -2.98. The molecule has 0 unspecified atom stereocenters. The van der Waals surface area contributed by atoms with Crippen molar-refractivity contribution in [2.45, 2.75) is 12.8 Å². The topological polar surface area (TPSA) is 63.0 Å². The van der Waals surface area contributed by atoms with Crippen LogP contribution in [0, 0.1) is 11.3 Å². The number of rotatable bonds is 3. The highest BCUT2D eigenvalue weighted by molar-refractivity contribution is 9.10. The van der Waals surface area contributed by atoms with Crippen LogP contribution in [-0.4, -0.2) is 18.1 Å². The van der Waals surface area contributed by atoms with E-state index in [1.165, 1.54) is 7.11 Å². The van der Waals surface area contributed by atoms with E-state index in [0.29, 0.717) is 0 Å². The Hall–Kier alpha value is -1.55. The van der Waals surface area contributed by atoms with Gasteiger partial charge in [0.05, 0.1) is 36.4 Å². The molecule has 0 fully saturated rings. The zero-order chi connectivity index (χ0) is 13.0. The Bertz CT molecular complexity index is 486. The van der Waals surface area contributed by atoms with E-state index in [9.17, 15) is 13.6 Å². The van der Waals surface area contributed by atoms with Crippen LogP contribution in [0.2, 0.25) is 0 Å². The maximum Gasteiger partial charge on any atom is 0.311 e. The van der Waals surface area contributed by atoms with Crippen molar-refractivity contribution in [2.75, 3.05) is 7.11 Å². The molecule has 0 aliphatic heterocycles. The number of esters is 1. The molecule has 0 atom stereocenters. The number of carbonyl (C=O) groups is 1. The Balaban J connectivity index is 3.19. The summed E-state index contributed by atoms with van der Waals surface area (Å²) in [5.74, 6) is -0.557. The minimum atomic E-state index is -2.81. The van der Waals surface area contributed by atoms with Crippen molar-refractivity contribution >= 4 is 21.9 Å². The predicted molar refractivity (Wildman–Crippen MR) is 57.3 cm³/mol. The molecule has 0 bridgehead atoms. The molecular formula is C10H7BrF2N2O2. The van der Waals surface area contributed by atoms with E-state index in [1.54, 1.807) is 6.07 Å². The lowest BCUT2D eigenvalue weighted by Gasteiger charge is -2.07. The van der Waals surface area contributed by atoms with Crippen LogP contribution in [0.3, 0.4) is 0 Å². The van der Waals surface area contributed by atoms with Crippen LogP contribution < -0.4 is 0 Å². The number of ether oxygens (including phenoxy) is 1. The monoisotopic (exact) mass is 304 g/mol. The minimum absolute atomic E-state index is 0.134. The molecule has 0 radical (unpaired) electrons. The number of halogens is 3. The van der Waals surface area contributed by atoms with Crippen molar-refractivity contribution in [1.82, 2.24) is 4.98 Å². The van der Waals surface area contributed by atoms with Gasteiger partial charge in [-0.2, -0.15) is 5.26 Å². The second kappa shape index (κ2) is 5.68. The summed E-state index contributed by atoms with van der Waals surface area (Å²) in [6, 6.07) is 2.80. The fourth-order valence-electron chi connectivity index (χ4n) is 1.18. The van der Waals surface area contributed by atoms with E-state index < -0.39 is 18.0 Å². The highest BCUT2D eigenvalue weighted by Crippen LogP contribution is 2.29. The number of alkyl halides is 2. The standard InChI is InChI=1S/C10H7BrF2N2O2/c1-17-7(16)3-6-2-5(4-14)8(10(12)13)9(11)15-6/h2,10H,3H2,1H3. The van der Waals surface area contributed by atoms with Gasteiger partial charge < -0.3 is 4.74 Å². The molecule has 0 saturated carbocycles. The molecule has 0 aliphatic rings. The minimum Gasteiger partial charge on any atom is -0.469 e. The van der Waals surface area contributed by atoms with Gasteiger partial charge in [-0.15, -0.1) is 0 Å². The van der Waals surface area contributed by atoms with Gasteiger partial charge in [0.15, 0.2) is 0 Å². The zero-order valence-electron chi connectivity index (χ0n) is 8.71. The Kier molecular flexibility index (Phi) is 4.52. The average Bonchev–Trinajstić information content (AvgIpc) is 2.27. The van der Waals surface area contributed by atoms with Gasteiger partial charge in [-0.25, -0.2) is 13.8 Å². The summed E-state index contributed by atoms with van der Waals surface area (Å²) >= 11 is 2.86. The molecule has 0 N–H and O–H groups in total. The van der Waals surface area contributed by atoms with Crippen molar-refractivity contribution in [3.63, 3.8) is 0 Å². The normalized spacial score (nSPS) is 10.1. The van der Waals surface area contributed by atoms with E-state index in [4.69, 9.17) is 5.26 Å². The van der Waals surface area contributed by atoms with Gasteiger partial charge >= 0.3 is 5.97 Å². The molecule has 4 nitrogen and oxygen atoms in total. The molecule has 0 amide bonds. The number of carbonyl (C=O) groups excluding carboxylic acids is 1. The van der Waals surface area contributed by atoms with Gasteiger partial charge in [0.2, 0.25) is 0 Å². The molecular weight excluding hydrogens is 298 g/mol. The van der Waals surface area contributed by atoms with E-state index >= 15 is 0 Å². The van der Waals surface area contributed by atoms with Crippen molar-refractivity contribution < 1.29 is 18.3 Å². The molecule has 0 spiro atoms. The van der Waals surface area contributed by atoms with Crippen molar-refractivity contribution in [3.8, 4) is 6.07 Å². The van der Waals surface area contributed by atoms with Crippen LogP contribution in [0.15, 0.2) is 10.7 Å². The van der Waals surface area contributed by atoms with Crippen LogP contribution in [0.5, 0.6) is 0 Å². The van der Waals surface area contributed by atoms with E-state index in [0.717, 1.165) is 6.07 Å². The largest absolute Gasteiger partial charge is 0.469 e.